The van der Waals surface area contributed by atoms with E-state index in [4.69, 9.17) is 4.74 Å². The fraction of sp³-hybridized carbons (Fsp3) is 0.556. The van der Waals surface area contributed by atoms with Crippen LogP contribution in [-0.2, 0) is 4.74 Å². The smallest absolute Gasteiger partial charge is 0.151 e. The minimum absolute atomic E-state index is 0.0168. The average Bonchev–Trinajstić information content (AvgIpc) is 2.44. The number of allylic oxidation sites excluding steroid dienone is 4. The molecule has 5 nitrogen and oxygen atoms in total. The van der Waals surface area contributed by atoms with Crippen molar-refractivity contribution >= 4 is 0 Å². The maximum Gasteiger partial charge on any atom is 0.151 e. The maximum absolute atomic E-state index is 9.65. The lowest BCUT2D eigenvalue weighted by atomic mass is 9.92. The lowest BCUT2D eigenvalue weighted by Gasteiger charge is -2.45. The van der Waals surface area contributed by atoms with Crippen LogP contribution in [0, 0.1) is 0 Å². The molecule has 126 valence electrons. The van der Waals surface area contributed by atoms with Crippen LogP contribution < -0.4 is 10.7 Å². The van der Waals surface area contributed by atoms with Gasteiger partial charge in [0, 0.05) is 29.8 Å². The summed E-state index contributed by atoms with van der Waals surface area (Å²) in [6, 6.07) is 0.425. The zero-order valence-electron chi connectivity index (χ0n) is 14.4. The molecule has 0 aromatic heterocycles. The van der Waals surface area contributed by atoms with Crippen molar-refractivity contribution in [2.75, 3.05) is 6.54 Å². The van der Waals surface area contributed by atoms with E-state index in [2.05, 4.69) is 49.5 Å². The minimum Gasteiger partial charge on any atom is -0.505 e. The van der Waals surface area contributed by atoms with Crippen molar-refractivity contribution in [3.05, 3.63) is 46.9 Å². The second-order valence-electron chi connectivity index (χ2n) is 7.29. The summed E-state index contributed by atoms with van der Waals surface area (Å²) in [5.41, 5.74) is 6.93. The van der Waals surface area contributed by atoms with E-state index in [1.54, 1.807) is 6.08 Å². The Morgan fingerprint density at radius 2 is 2.22 bits per heavy atom. The number of ether oxygens (including phenoxy) is 1. The van der Waals surface area contributed by atoms with E-state index in [-0.39, 0.29) is 11.3 Å². The van der Waals surface area contributed by atoms with Crippen molar-refractivity contribution in [2.45, 2.75) is 58.5 Å². The highest BCUT2D eigenvalue weighted by molar-refractivity contribution is 5.48. The molecule has 0 fully saturated rings. The predicted octanol–water partition coefficient (Wildman–Crippen LogP) is 3.22. The first-order valence-corrected chi connectivity index (χ1v) is 8.41. The Morgan fingerprint density at radius 1 is 1.43 bits per heavy atom. The number of aliphatic hydroxyl groups is 1. The quantitative estimate of drug-likeness (QED) is 0.743. The standard InChI is InChI=1S/C18H27N3O2/c1-5-6-12(2)20-21-11-18(3,4)19-15-8-13-7-14(22)10-23-17(13)9-16(15)21/h7,9-10,12,19-20,22H,5-6,8,11H2,1-4H3. The molecule has 3 N–H and O–H groups in total. The molecule has 3 rings (SSSR count). The Balaban J connectivity index is 1.89. The van der Waals surface area contributed by atoms with Gasteiger partial charge in [-0.3, -0.25) is 0 Å². The Hall–Kier alpha value is -1.88. The number of nitrogens with one attached hydrogen (secondary N) is 2. The van der Waals surface area contributed by atoms with Gasteiger partial charge in [0.25, 0.3) is 0 Å². The predicted molar refractivity (Wildman–Crippen MR) is 91.0 cm³/mol. The summed E-state index contributed by atoms with van der Waals surface area (Å²) in [5.74, 6) is 0.987. The highest BCUT2D eigenvalue weighted by Crippen LogP contribution is 2.36. The zero-order valence-corrected chi connectivity index (χ0v) is 14.4. The summed E-state index contributed by atoms with van der Waals surface area (Å²) in [5, 5.41) is 15.5. The Kier molecular flexibility index (Phi) is 4.15. The number of hydrogen-bond acceptors (Lipinski definition) is 5. The van der Waals surface area contributed by atoms with E-state index >= 15 is 0 Å². The SMILES string of the molecule is CCCC(C)NN1CC(C)(C)NC2=C1C=C1OC=C(O)C=C1C2. The van der Waals surface area contributed by atoms with Crippen LogP contribution in [0.2, 0.25) is 0 Å². The Labute approximate surface area is 138 Å². The van der Waals surface area contributed by atoms with E-state index < -0.39 is 0 Å². The normalized spacial score (nSPS) is 23.7. The molecule has 23 heavy (non-hydrogen) atoms. The summed E-state index contributed by atoms with van der Waals surface area (Å²) >= 11 is 0. The van der Waals surface area contributed by atoms with Gasteiger partial charge < -0.3 is 20.2 Å². The van der Waals surface area contributed by atoms with Crippen LogP contribution in [0.1, 0.15) is 47.0 Å². The second-order valence-corrected chi connectivity index (χ2v) is 7.29. The maximum atomic E-state index is 9.65. The van der Waals surface area contributed by atoms with E-state index in [1.165, 1.54) is 12.0 Å². The van der Waals surface area contributed by atoms with Gasteiger partial charge >= 0.3 is 0 Å². The van der Waals surface area contributed by atoms with Crippen LogP contribution in [0.3, 0.4) is 0 Å². The number of fused-ring (bicyclic) bond motifs is 1. The molecule has 0 aromatic carbocycles. The molecule has 1 atom stereocenters. The van der Waals surface area contributed by atoms with Crippen LogP contribution >= 0.6 is 0 Å². The molecule has 5 heteroatoms. The second kappa shape index (κ2) is 5.96. The van der Waals surface area contributed by atoms with Gasteiger partial charge in [-0.05, 0) is 33.3 Å². The van der Waals surface area contributed by atoms with Crippen LogP contribution in [0.5, 0.6) is 0 Å². The van der Waals surface area contributed by atoms with E-state index in [9.17, 15) is 5.11 Å². The van der Waals surface area contributed by atoms with Crippen molar-refractivity contribution in [1.82, 2.24) is 15.8 Å². The molecule has 0 spiro atoms. The molecule has 2 aliphatic heterocycles. The number of rotatable bonds is 4. The van der Waals surface area contributed by atoms with Crippen LogP contribution in [0.15, 0.2) is 46.9 Å². The number of hydrazine groups is 1. The van der Waals surface area contributed by atoms with Gasteiger partial charge in [-0.1, -0.05) is 13.3 Å². The molecular weight excluding hydrogens is 290 g/mol. The van der Waals surface area contributed by atoms with E-state index in [1.807, 2.05) is 0 Å². The van der Waals surface area contributed by atoms with Crippen molar-refractivity contribution in [1.29, 1.82) is 0 Å². The molecule has 0 saturated heterocycles. The average molecular weight is 317 g/mol. The summed E-state index contributed by atoms with van der Waals surface area (Å²) in [6.07, 6.45) is 8.27. The van der Waals surface area contributed by atoms with Gasteiger partial charge in [0.15, 0.2) is 5.76 Å². The van der Waals surface area contributed by atoms with Crippen molar-refractivity contribution in [3.8, 4) is 0 Å². The fourth-order valence-electron chi connectivity index (χ4n) is 3.40. The third-order valence-corrected chi connectivity index (χ3v) is 4.32. The van der Waals surface area contributed by atoms with E-state index in [0.717, 1.165) is 42.8 Å². The molecule has 3 aliphatic rings. The summed E-state index contributed by atoms with van der Waals surface area (Å²) in [6.45, 7) is 9.72. The minimum atomic E-state index is -0.0168. The highest BCUT2D eigenvalue weighted by atomic mass is 16.5. The van der Waals surface area contributed by atoms with E-state index in [0.29, 0.717) is 6.04 Å². The zero-order chi connectivity index (χ0) is 16.6. The van der Waals surface area contributed by atoms with Gasteiger partial charge in [-0.2, -0.15) is 0 Å². The molecule has 0 radical (unpaired) electrons. The first-order chi connectivity index (χ1) is 10.9. The topological polar surface area (TPSA) is 56.8 Å². The first-order valence-electron chi connectivity index (χ1n) is 8.41. The Morgan fingerprint density at radius 3 is 2.96 bits per heavy atom. The fourth-order valence-corrected chi connectivity index (χ4v) is 3.40. The third-order valence-electron chi connectivity index (χ3n) is 4.32. The van der Waals surface area contributed by atoms with Crippen molar-refractivity contribution in [3.63, 3.8) is 0 Å². The summed E-state index contributed by atoms with van der Waals surface area (Å²) in [4.78, 5) is 0. The monoisotopic (exact) mass is 317 g/mol. The van der Waals surface area contributed by atoms with Gasteiger partial charge in [0.2, 0.25) is 0 Å². The van der Waals surface area contributed by atoms with Crippen LogP contribution in [0.4, 0.5) is 0 Å². The highest BCUT2D eigenvalue weighted by Gasteiger charge is 2.35. The van der Waals surface area contributed by atoms with Crippen molar-refractivity contribution in [2.24, 2.45) is 0 Å². The van der Waals surface area contributed by atoms with Gasteiger partial charge in [0.1, 0.15) is 12.0 Å². The lowest BCUT2D eigenvalue weighted by molar-refractivity contribution is 0.143. The molecule has 0 aromatic rings. The first kappa shape index (κ1) is 16.0. The number of hydrogen-bond donors (Lipinski definition) is 3. The molecule has 1 aliphatic carbocycles. The lowest BCUT2D eigenvalue weighted by Crippen LogP contribution is -2.58. The summed E-state index contributed by atoms with van der Waals surface area (Å²) < 4.78 is 5.56. The summed E-state index contributed by atoms with van der Waals surface area (Å²) in [7, 11) is 0. The van der Waals surface area contributed by atoms with Crippen LogP contribution in [-0.4, -0.2) is 28.2 Å². The largest absolute Gasteiger partial charge is 0.505 e. The molecular formula is C18H27N3O2. The van der Waals surface area contributed by atoms with Crippen LogP contribution in [0.25, 0.3) is 0 Å². The molecule has 0 bridgehead atoms. The Bertz CT molecular complexity index is 614. The van der Waals surface area contributed by atoms with Gasteiger partial charge in [-0.15, -0.1) is 0 Å². The molecule has 2 heterocycles. The molecule has 0 saturated carbocycles. The number of aliphatic hydroxyl groups excluding tert-OH is 1. The van der Waals surface area contributed by atoms with Gasteiger partial charge in [0.05, 0.1) is 17.8 Å². The molecule has 0 amide bonds. The van der Waals surface area contributed by atoms with Gasteiger partial charge in [-0.25, -0.2) is 5.43 Å². The van der Waals surface area contributed by atoms with Crippen molar-refractivity contribution < 1.29 is 9.84 Å². The third kappa shape index (κ3) is 3.39. The number of nitrogens with zero attached hydrogens (tertiary/aromatic N) is 1. The molecule has 1 unspecified atom stereocenters.